The van der Waals surface area contributed by atoms with Gasteiger partial charge in [0.15, 0.2) is 0 Å². The molecule has 1 aromatic carbocycles. The van der Waals surface area contributed by atoms with Crippen LogP contribution in [0.3, 0.4) is 0 Å². The molecule has 0 aromatic heterocycles. The van der Waals surface area contributed by atoms with Gasteiger partial charge in [-0.25, -0.2) is 0 Å². The number of benzene rings is 1. The van der Waals surface area contributed by atoms with Crippen LogP contribution in [0.5, 0.6) is 5.75 Å². The highest BCUT2D eigenvalue weighted by Crippen LogP contribution is 2.18. The third kappa shape index (κ3) is 8.11. The van der Waals surface area contributed by atoms with Crippen molar-refractivity contribution in [2.75, 3.05) is 6.61 Å². The molecule has 0 aliphatic heterocycles. The molecule has 0 radical (unpaired) electrons. The molecule has 1 rings (SSSR count). The van der Waals surface area contributed by atoms with Crippen molar-refractivity contribution < 1.29 is 4.74 Å². The summed E-state index contributed by atoms with van der Waals surface area (Å²) in [5.74, 6) is 0.963. The summed E-state index contributed by atoms with van der Waals surface area (Å²) >= 11 is 0. The second-order valence-electron chi connectivity index (χ2n) is 5.91. The molecule has 2 nitrogen and oxygen atoms in total. The number of nitrogens with two attached hydrogens (primary N) is 1. The highest BCUT2D eigenvalue weighted by Gasteiger charge is 2.02. The number of unbranched alkanes of at least 4 members (excludes halogenated alkanes) is 7. The summed E-state index contributed by atoms with van der Waals surface area (Å²) in [6.45, 7) is 5.20. The molecule has 0 saturated carbocycles. The molecule has 0 amide bonds. The minimum absolute atomic E-state index is 0.145. The Morgan fingerprint density at radius 1 is 0.857 bits per heavy atom. The van der Waals surface area contributed by atoms with Crippen molar-refractivity contribution in [3.05, 3.63) is 29.8 Å². The lowest BCUT2D eigenvalue weighted by atomic mass is 10.1. The number of ether oxygens (including phenoxy) is 1. The second kappa shape index (κ2) is 11.6. The molecule has 2 N–H and O–H groups in total. The monoisotopic (exact) mass is 291 g/mol. The van der Waals surface area contributed by atoms with E-state index < -0.39 is 0 Å². The Balaban J connectivity index is 2.05. The van der Waals surface area contributed by atoms with Crippen molar-refractivity contribution in [1.82, 2.24) is 0 Å². The summed E-state index contributed by atoms with van der Waals surface area (Å²) in [5.41, 5.74) is 7.19. The van der Waals surface area contributed by atoms with E-state index in [0.717, 1.165) is 25.2 Å². The van der Waals surface area contributed by atoms with Gasteiger partial charge in [0.05, 0.1) is 6.61 Å². The Bertz CT molecular complexity index is 347. The number of hydrogen-bond donors (Lipinski definition) is 1. The van der Waals surface area contributed by atoms with Gasteiger partial charge in [0.2, 0.25) is 0 Å². The Hall–Kier alpha value is -1.02. The molecule has 0 aliphatic rings. The van der Waals surface area contributed by atoms with Gasteiger partial charge in [0.1, 0.15) is 5.75 Å². The molecule has 120 valence electrons. The van der Waals surface area contributed by atoms with Gasteiger partial charge in [-0.15, -0.1) is 0 Å². The summed E-state index contributed by atoms with van der Waals surface area (Å²) in [4.78, 5) is 0. The zero-order valence-electron chi connectivity index (χ0n) is 13.9. The molecule has 0 aliphatic carbocycles. The maximum Gasteiger partial charge on any atom is 0.119 e. The average molecular weight is 291 g/mol. The Kier molecular flexibility index (Phi) is 9.98. The molecule has 0 fully saturated rings. The number of rotatable bonds is 12. The SMILES string of the molecule is CCCCCCCCCCOc1ccc([C@H](N)CC)cc1. The maximum atomic E-state index is 6.00. The van der Waals surface area contributed by atoms with Gasteiger partial charge in [0, 0.05) is 6.04 Å². The first-order valence-corrected chi connectivity index (χ1v) is 8.76. The predicted molar refractivity (Wildman–Crippen MR) is 91.8 cm³/mol. The van der Waals surface area contributed by atoms with Crippen molar-refractivity contribution in [3.8, 4) is 5.75 Å². The fourth-order valence-corrected chi connectivity index (χ4v) is 2.47. The van der Waals surface area contributed by atoms with Gasteiger partial charge in [-0.3, -0.25) is 0 Å². The summed E-state index contributed by atoms with van der Waals surface area (Å²) in [6, 6.07) is 8.38. The van der Waals surface area contributed by atoms with E-state index in [-0.39, 0.29) is 6.04 Å². The van der Waals surface area contributed by atoms with E-state index in [1.807, 2.05) is 12.1 Å². The molecular formula is C19H33NO. The third-order valence-corrected chi connectivity index (χ3v) is 4.01. The largest absolute Gasteiger partial charge is 0.494 e. The van der Waals surface area contributed by atoms with Gasteiger partial charge in [0.25, 0.3) is 0 Å². The fourth-order valence-electron chi connectivity index (χ4n) is 2.47. The molecule has 0 unspecified atom stereocenters. The lowest BCUT2D eigenvalue weighted by Gasteiger charge is -2.11. The molecular weight excluding hydrogens is 258 g/mol. The number of hydrogen-bond acceptors (Lipinski definition) is 2. The van der Waals surface area contributed by atoms with Crippen molar-refractivity contribution in [2.24, 2.45) is 5.73 Å². The standard InChI is InChI=1S/C19H33NO/c1-3-5-6-7-8-9-10-11-16-21-18-14-12-17(13-15-18)19(20)4-2/h12-15,19H,3-11,16,20H2,1-2H3/t19-/m1/s1. The van der Waals surface area contributed by atoms with Crippen LogP contribution in [0.15, 0.2) is 24.3 Å². The maximum absolute atomic E-state index is 6.00. The van der Waals surface area contributed by atoms with Crippen LogP contribution in [-0.4, -0.2) is 6.61 Å². The Labute approximate surface area is 131 Å². The van der Waals surface area contributed by atoms with E-state index in [4.69, 9.17) is 10.5 Å². The smallest absolute Gasteiger partial charge is 0.119 e. The van der Waals surface area contributed by atoms with E-state index in [0.29, 0.717) is 0 Å². The average Bonchev–Trinajstić information content (AvgIpc) is 2.53. The summed E-state index contributed by atoms with van der Waals surface area (Å²) < 4.78 is 5.78. The molecule has 0 bridgehead atoms. The molecule has 0 saturated heterocycles. The molecule has 0 spiro atoms. The quantitative estimate of drug-likeness (QED) is 0.507. The summed E-state index contributed by atoms with van der Waals surface area (Å²) in [7, 11) is 0. The van der Waals surface area contributed by atoms with Crippen LogP contribution in [0.1, 0.15) is 83.2 Å². The van der Waals surface area contributed by atoms with E-state index in [1.165, 1.54) is 50.5 Å². The summed E-state index contributed by atoms with van der Waals surface area (Å²) in [5, 5.41) is 0. The van der Waals surface area contributed by atoms with Gasteiger partial charge < -0.3 is 10.5 Å². The Morgan fingerprint density at radius 2 is 1.43 bits per heavy atom. The zero-order valence-corrected chi connectivity index (χ0v) is 13.9. The normalized spacial score (nSPS) is 12.3. The van der Waals surface area contributed by atoms with Crippen LogP contribution in [0.2, 0.25) is 0 Å². The lowest BCUT2D eigenvalue weighted by molar-refractivity contribution is 0.304. The van der Waals surface area contributed by atoms with Crippen LogP contribution in [-0.2, 0) is 0 Å². The van der Waals surface area contributed by atoms with E-state index in [1.54, 1.807) is 0 Å². The van der Waals surface area contributed by atoms with Crippen LogP contribution < -0.4 is 10.5 Å². The van der Waals surface area contributed by atoms with E-state index in [9.17, 15) is 0 Å². The van der Waals surface area contributed by atoms with Crippen molar-refractivity contribution in [2.45, 2.75) is 77.7 Å². The first kappa shape index (κ1) is 18.0. The molecule has 21 heavy (non-hydrogen) atoms. The highest BCUT2D eigenvalue weighted by atomic mass is 16.5. The fraction of sp³-hybridized carbons (Fsp3) is 0.684. The van der Waals surface area contributed by atoms with Gasteiger partial charge in [-0.05, 0) is 30.5 Å². The predicted octanol–water partition coefficient (Wildman–Crippen LogP) is 5.62. The highest BCUT2D eigenvalue weighted by molar-refractivity contribution is 5.28. The Morgan fingerprint density at radius 3 is 2.00 bits per heavy atom. The third-order valence-electron chi connectivity index (χ3n) is 4.01. The van der Waals surface area contributed by atoms with Crippen LogP contribution in [0.4, 0.5) is 0 Å². The van der Waals surface area contributed by atoms with Gasteiger partial charge in [-0.2, -0.15) is 0 Å². The minimum Gasteiger partial charge on any atom is -0.494 e. The minimum atomic E-state index is 0.145. The van der Waals surface area contributed by atoms with Crippen LogP contribution in [0, 0.1) is 0 Å². The molecule has 1 aromatic rings. The first-order chi connectivity index (χ1) is 10.3. The molecule has 1 atom stereocenters. The van der Waals surface area contributed by atoms with Crippen LogP contribution in [0.25, 0.3) is 0 Å². The van der Waals surface area contributed by atoms with E-state index >= 15 is 0 Å². The van der Waals surface area contributed by atoms with Crippen molar-refractivity contribution in [1.29, 1.82) is 0 Å². The van der Waals surface area contributed by atoms with Gasteiger partial charge >= 0.3 is 0 Å². The molecule has 0 heterocycles. The second-order valence-corrected chi connectivity index (χ2v) is 5.91. The van der Waals surface area contributed by atoms with Gasteiger partial charge in [-0.1, -0.05) is 70.9 Å². The summed E-state index contributed by atoms with van der Waals surface area (Å²) in [6.07, 6.45) is 11.7. The van der Waals surface area contributed by atoms with E-state index in [2.05, 4.69) is 26.0 Å². The molecule has 2 heteroatoms. The van der Waals surface area contributed by atoms with Crippen molar-refractivity contribution >= 4 is 0 Å². The lowest BCUT2D eigenvalue weighted by Crippen LogP contribution is -2.08. The van der Waals surface area contributed by atoms with Crippen LogP contribution >= 0.6 is 0 Å². The first-order valence-electron chi connectivity index (χ1n) is 8.76. The zero-order chi connectivity index (χ0) is 15.3. The topological polar surface area (TPSA) is 35.2 Å². The van der Waals surface area contributed by atoms with Crippen molar-refractivity contribution in [3.63, 3.8) is 0 Å².